The number of rotatable bonds is 5. The topological polar surface area (TPSA) is 109 Å². The van der Waals surface area contributed by atoms with Crippen LogP contribution in [0.3, 0.4) is 0 Å². The molecule has 10 nitrogen and oxygen atoms in total. The number of nitrogens with one attached hydrogen (secondary N) is 2. The number of hydrogen-bond donors (Lipinski definition) is 2. The van der Waals surface area contributed by atoms with Gasteiger partial charge >= 0.3 is 0 Å². The van der Waals surface area contributed by atoms with Gasteiger partial charge in [0.05, 0.1) is 69.7 Å². The van der Waals surface area contributed by atoms with Crippen LogP contribution in [0, 0.1) is 13.8 Å². The van der Waals surface area contributed by atoms with Crippen molar-refractivity contribution >= 4 is 51.4 Å². The quantitative estimate of drug-likeness (QED) is 0.350. The highest BCUT2D eigenvalue weighted by Gasteiger charge is 2.21. The summed E-state index contributed by atoms with van der Waals surface area (Å²) < 4.78 is 12.8. The zero-order chi connectivity index (χ0) is 24.1. The predicted octanol–water partition coefficient (Wildman–Crippen LogP) is 4.63. The molecule has 12 heteroatoms. The van der Waals surface area contributed by atoms with E-state index >= 15 is 0 Å². The van der Waals surface area contributed by atoms with Crippen LogP contribution in [-0.2, 0) is 11.3 Å². The van der Waals surface area contributed by atoms with Crippen LogP contribution >= 0.6 is 23.2 Å². The monoisotopic (exact) mass is 512 g/mol. The zero-order valence-corrected chi connectivity index (χ0v) is 20.6. The fourth-order valence-electron chi connectivity index (χ4n) is 4.37. The lowest BCUT2D eigenvalue weighted by molar-refractivity contribution is 0.122. The molecule has 0 saturated carbocycles. The van der Waals surface area contributed by atoms with Gasteiger partial charge in [-0.2, -0.15) is 0 Å². The number of morpholine rings is 1. The summed E-state index contributed by atoms with van der Waals surface area (Å²) in [5, 5.41) is 13.5. The van der Waals surface area contributed by atoms with Gasteiger partial charge in [0.1, 0.15) is 11.6 Å². The summed E-state index contributed by atoms with van der Waals surface area (Å²) in [6, 6.07) is 5.55. The second-order valence-electron chi connectivity index (χ2n) is 8.41. The third kappa shape index (κ3) is 3.97. The lowest BCUT2D eigenvalue weighted by Crippen LogP contribution is -2.37. The second-order valence-corrected chi connectivity index (χ2v) is 9.23. The Hall–Kier alpha value is -3.34. The Kier molecular flexibility index (Phi) is 5.51. The summed E-state index contributed by atoms with van der Waals surface area (Å²) in [6.45, 7) is 7.09. The molecule has 180 valence electrons. The molecule has 0 atom stereocenters. The molecule has 5 aromatic rings. The standard InChI is InChI=1S/C23H22Cl2N8O2/c1-12-22(13(2)35-31-12)19-10-27-23-18(9-21(30-33(19)23)32-3-5-34-6-4-32)26-11-20-28-16-7-14(24)15(25)8-17(16)29-20/h7-10,26H,3-6,11H2,1-2H3,(H,28,29). The Balaban J connectivity index is 1.40. The van der Waals surface area contributed by atoms with Crippen LogP contribution < -0.4 is 10.2 Å². The van der Waals surface area contributed by atoms with Crippen LogP contribution in [0.5, 0.6) is 0 Å². The third-order valence-corrected chi connectivity index (χ3v) is 6.82. The van der Waals surface area contributed by atoms with Crippen molar-refractivity contribution in [2.24, 2.45) is 0 Å². The van der Waals surface area contributed by atoms with E-state index < -0.39 is 0 Å². The molecule has 1 aliphatic heterocycles. The fourth-order valence-corrected chi connectivity index (χ4v) is 4.69. The molecule has 6 rings (SSSR count). The Morgan fingerprint density at radius 3 is 2.69 bits per heavy atom. The minimum absolute atomic E-state index is 0.444. The van der Waals surface area contributed by atoms with Crippen LogP contribution in [0.4, 0.5) is 11.5 Å². The first-order valence-electron chi connectivity index (χ1n) is 11.2. The number of benzene rings is 1. The molecule has 0 aliphatic carbocycles. The van der Waals surface area contributed by atoms with E-state index in [2.05, 4.69) is 30.3 Å². The van der Waals surface area contributed by atoms with E-state index in [9.17, 15) is 0 Å². The summed E-state index contributed by atoms with van der Waals surface area (Å²) in [4.78, 5) is 14.8. The largest absolute Gasteiger partial charge is 0.378 e. The van der Waals surface area contributed by atoms with Crippen molar-refractivity contribution in [3.05, 3.63) is 51.7 Å². The average Bonchev–Trinajstić information content (AvgIpc) is 3.55. The van der Waals surface area contributed by atoms with Crippen molar-refractivity contribution in [2.45, 2.75) is 20.4 Å². The summed E-state index contributed by atoms with van der Waals surface area (Å²) >= 11 is 12.3. The van der Waals surface area contributed by atoms with Crippen LogP contribution in [-0.4, -0.2) is 56.0 Å². The Labute approximate surface area is 210 Å². The molecule has 1 saturated heterocycles. The third-order valence-electron chi connectivity index (χ3n) is 6.10. The highest BCUT2D eigenvalue weighted by molar-refractivity contribution is 6.42. The lowest BCUT2D eigenvalue weighted by Gasteiger charge is -2.28. The van der Waals surface area contributed by atoms with E-state index in [1.165, 1.54) is 0 Å². The summed E-state index contributed by atoms with van der Waals surface area (Å²) in [7, 11) is 0. The maximum Gasteiger partial charge on any atom is 0.177 e. The van der Waals surface area contributed by atoms with E-state index in [0.29, 0.717) is 35.5 Å². The number of aromatic amines is 1. The van der Waals surface area contributed by atoms with Crippen LogP contribution in [0.2, 0.25) is 10.0 Å². The minimum Gasteiger partial charge on any atom is -0.378 e. The number of hydrogen-bond acceptors (Lipinski definition) is 8. The molecule has 5 heterocycles. The molecule has 0 radical (unpaired) electrons. The Bertz CT molecular complexity index is 1490. The highest BCUT2D eigenvalue weighted by Crippen LogP contribution is 2.31. The molecule has 1 fully saturated rings. The first-order chi connectivity index (χ1) is 17.0. The van der Waals surface area contributed by atoms with E-state index in [1.54, 1.807) is 18.3 Å². The van der Waals surface area contributed by atoms with Crippen LogP contribution in [0.25, 0.3) is 27.9 Å². The van der Waals surface area contributed by atoms with Gasteiger partial charge in [0.2, 0.25) is 0 Å². The van der Waals surface area contributed by atoms with Crippen LogP contribution in [0.1, 0.15) is 17.3 Å². The molecular weight excluding hydrogens is 491 g/mol. The molecule has 0 unspecified atom stereocenters. The Morgan fingerprint density at radius 2 is 1.91 bits per heavy atom. The van der Waals surface area contributed by atoms with Gasteiger partial charge in [-0.05, 0) is 26.0 Å². The van der Waals surface area contributed by atoms with Crippen molar-refractivity contribution in [3.8, 4) is 11.3 Å². The number of aryl methyl sites for hydroxylation is 2. The number of H-pyrrole nitrogens is 1. The predicted molar refractivity (Wildman–Crippen MR) is 134 cm³/mol. The zero-order valence-electron chi connectivity index (χ0n) is 19.1. The number of nitrogens with zero attached hydrogens (tertiary/aromatic N) is 6. The molecule has 2 N–H and O–H groups in total. The average molecular weight is 513 g/mol. The van der Waals surface area contributed by atoms with Crippen molar-refractivity contribution < 1.29 is 9.26 Å². The summed E-state index contributed by atoms with van der Waals surface area (Å²) in [5.41, 5.74) is 5.61. The SMILES string of the molecule is Cc1noc(C)c1-c1cnc2c(NCc3nc4cc(Cl)c(Cl)cc4[nH]3)cc(N3CCOCC3)nn12. The van der Waals surface area contributed by atoms with Crippen molar-refractivity contribution in [2.75, 3.05) is 36.5 Å². The first kappa shape index (κ1) is 22.1. The van der Waals surface area contributed by atoms with Gasteiger partial charge < -0.3 is 24.5 Å². The van der Waals surface area contributed by atoms with Crippen LogP contribution in [0.15, 0.2) is 28.9 Å². The lowest BCUT2D eigenvalue weighted by atomic mass is 10.1. The second kappa shape index (κ2) is 8.71. The number of halogens is 2. The number of ether oxygens (including phenoxy) is 1. The normalized spacial score (nSPS) is 14.3. The summed E-state index contributed by atoms with van der Waals surface area (Å²) in [6.07, 6.45) is 1.80. The molecule has 0 amide bonds. The van der Waals surface area contributed by atoms with E-state index in [-0.39, 0.29) is 0 Å². The number of fused-ring (bicyclic) bond motifs is 2. The van der Waals surface area contributed by atoms with Gasteiger partial charge in [0.15, 0.2) is 11.5 Å². The Morgan fingerprint density at radius 1 is 1.11 bits per heavy atom. The van der Waals surface area contributed by atoms with Gasteiger partial charge in [-0.3, -0.25) is 0 Å². The van der Waals surface area contributed by atoms with Gasteiger partial charge in [-0.25, -0.2) is 14.5 Å². The molecule has 0 spiro atoms. The fraction of sp³-hybridized carbons (Fsp3) is 0.304. The van der Waals surface area contributed by atoms with Crippen molar-refractivity contribution in [1.29, 1.82) is 0 Å². The molecular formula is C23H22Cl2N8O2. The van der Waals surface area contributed by atoms with Gasteiger partial charge in [0.25, 0.3) is 0 Å². The van der Waals surface area contributed by atoms with Gasteiger partial charge in [-0.15, -0.1) is 5.10 Å². The molecule has 1 aliphatic rings. The van der Waals surface area contributed by atoms with E-state index in [1.807, 2.05) is 24.4 Å². The number of imidazole rings is 2. The number of anilines is 2. The molecule has 4 aromatic heterocycles. The molecule has 0 bridgehead atoms. The number of aromatic nitrogens is 6. The maximum absolute atomic E-state index is 6.16. The first-order valence-corrected chi connectivity index (χ1v) is 12.0. The maximum atomic E-state index is 6.16. The van der Waals surface area contributed by atoms with Crippen molar-refractivity contribution in [3.63, 3.8) is 0 Å². The van der Waals surface area contributed by atoms with Gasteiger partial charge in [-0.1, -0.05) is 28.4 Å². The van der Waals surface area contributed by atoms with Crippen molar-refractivity contribution in [1.82, 2.24) is 29.7 Å². The summed E-state index contributed by atoms with van der Waals surface area (Å²) in [5.74, 6) is 2.30. The van der Waals surface area contributed by atoms with E-state index in [0.717, 1.165) is 64.2 Å². The molecule has 1 aromatic carbocycles. The van der Waals surface area contributed by atoms with Gasteiger partial charge in [0, 0.05) is 19.2 Å². The smallest absolute Gasteiger partial charge is 0.177 e. The minimum atomic E-state index is 0.444. The highest BCUT2D eigenvalue weighted by atomic mass is 35.5. The van der Waals surface area contributed by atoms with E-state index in [4.69, 9.17) is 37.6 Å². The molecule has 35 heavy (non-hydrogen) atoms.